The molecule has 1 amide bonds. The summed E-state index contributed by atoms with van der Waals surface area (Å²) in [6.45, 7) is 2.32. The molecule has 1 saturated heterocycles. The molecule has 0 aliphatic carbocycles. The number of carbonyl (C=O) groups excluding carboxylic acids is 1. The number of anilines is 2. The molecule has 1 fully saturated rings. The van der Waals surface area contributed by atoms with Gasteiger partial charge in [0.1, 0.15) is 23.5 Å². The minimum atomic E-state index is -4.69. The summed E-state index contributed by atoms with van der Waals surface area (Å²) in [7, 11) is 0. The van der Waals surface area contributed by atoms with Crippen LogP contribution in [0.2, 0.25) is 5.02 Å². The second kappa shape index (κ2) is 8.62. The normalized spacial score (nSPS) is 18.8. The first-order valence-corrected chi connectivity index (χ1v) is 10.9. The molecule has 2 aromatic rings. The van der Waals surface area contributed by atoms with E-state index < -0.39 is 23.3 Å². The molecule has 1 atom stereocenters. The van der Waals surface area contributed by atoms with Crippen molar-refractivity contribution in [1.82, 2.24) is 4.98 Å². The molecule has 9 heteroatoms. The molecule has 2 aliphatic heterocycles. The second-order valence-electron chi connectivity index (χ2n) is 8.16. The maximum Gasteiger partial charge on any atom is 0.417 e. The number of aryl methyl sites for hydroxylation is 1. The summed E-state index contributed by atoms with van der Waals surface area (Å²) in [5, 5.41) is 10.2. The van der Waals surface area contributed by atoms with Crippen LogP contribution < -0.4 is 9.80 Å². The molecule has 0 spiro atoms. The first-order chi connectivity index (χ1) is 15.2. The highest BCUT2D eigenvalue weighted by Gasteiger charge is 2.41. The summed E-state index contributed by atoms with van der Waals surface area (Å²) >= 11 is 6.39. The predicted octanol–water partition coefficient (Wildman–Crippen LogP) is 5.27. The van der Waals surface area contributed by atoms with Gasteiger partial charge in [0.2, 0.25) is 5.91 Å². The van der Waals surface area contributed by atoms with E-state index in [1.54, 1.807) is 28.0 Å². The monoisotopic (exact) mass is 462 g/mol. The van der Waals surface area contributed by atoms with Crippen molar-refractivity contribution in [3.63, 3.8) is 0 Å². The van der Waals surface area contributed by atoms with Crippen LogP contribution in [0.4, 0.5) is 24.7 Å². The van der Waals surface area contributed by atoms with Crippen LogP contribution in [0.25, 0.3) is 0 Å². The summed E-state index contributed by atoms with van der Waals surface area (Å²) in [5.41, 5.74) is 0.252. The van der Waals surface area contributed by atoms with E-state index in [1.165, 1.54) is 6.92 Å². The Kier molecular flexibility index (Phi) is 6.04. The van der Waals surface area contributed by atoms with Crippen molar-refractivity contribution in [3.05, 3.63) is 51.7 Å². The van der Waals surface area contributed by atoms with Gasteiger partial charge in [-0.25, -0.2) is 4.98 Å². The lowest BCUT2D eigenvalue weighted by Gasteiger charge is -2.32. The summed E-state index contributed by atoms with van der Waals surface area (Å²) < 4.78 is 40.8. The maximum absolute atomic E-state index is 13.7. The quantitative estimate of drug-likeness (QED) is 0.609. The first-order valence-electron chi connectivity index (χ1n) is 10.6. The average Bonchev–Trinajstić information content (AvgIpc) is 3.12. The van der Waals surface area contributed by atoms with Crippen molar-refractivity contribution in [2.24, 2.45) is 0 Å². The Morgan fingerprint density at radius 2 is 2.03 bits per heavy atom. The molecule has 0 bridgehead atoms. The van der Waals surface area contributed by atoms with Crippen LogP contribution in [0.1, 0.15) is 48.1 Å². The van der Waals surface area contributed by atoms with Crippen LogP contribution in [0.3, 0.4) is 0 Å². The van der Waals surface area contributed by atoms with Gasteiger partial charge in [0.25, 0.3) is 0 Å². The van der Waals surface area contributed by atoms with Crippen LogP contribution in [0.5, 0.6) is 0 Å². The van der Waals surface area contributed by atoms with Gasteiger partial charge in [0.05, 0.1) is 5.56 Å². The molecule has 2 aliphatic rings. The molecule has 4 rings (SSSR count). The van der Waals surface area contributed by atoms with E-state index in [4.69, 9.17) is 11.6 Å². The smallest absolute Gasteiger partial charge is 0.343 e. The standard InChI is InChI=1S/C23H22ClF3N4O/c1-14-12-17(23(25,26)27)16(13-28)21(29-14)30-11-5-9-20(30)22(32)31-10-3-2-6-15-18(24)7-4-8-19(15)31/h4,7-8,12,20H,2-3,5-6,9-11H2,1H3/t20-/m0/s1. The number of nitrogens with zero attached hydrogens (tertiary/aromatic N) is 4. The Morgan fingerprint density at radius 1 is 1.25 bits per heavy atom. The Morgan fingerprint density at radius 3 is 2.75 bits per heavy atom. The van der Waals surface area contributed by atoms with Crippen LogP contribution in [0.15, 0.2) is 24.3 Å². The number of amides is 1. The lowest BCUT2D eigenvalue weighted by atomic mass is 10.1. The van der Waals surface area contributed by atoms with Gasteiger partial charge in [0.15, 0.2) is 0 Å². The molecule has 168 valence electrons. The zero-order chi connectivity index (χ0) is 23.0. The molecule has 0 saturated carbocycles. The SMILES string of the molecule is Cc1cc(C(F)(F)F)c(C#N)c(N2CCC[C@H]2C(=O)N2CCCCc3c(Cl)cccc32)n1. The van der Waals surface area contributed by atoms with E-state index in [9.17, 15) is 23.2 Å². The largest absolute Gasteiger partial charge is 0.417 e. The van der Waals surface area contributed by atoms with Gasteiger partial charge in [-0.1, -0.05) is 17.7 Å². The number of halogens is 4. The predicted molar refractivity (Wildman–Crippen MR) is 116 cm³/mol. The number of nitriles is 1. The highest BCUT2D eigenvalue weighted by molar-refractivity contribution is 6.31. The third kappa shape index (κ3) is 4.02. The number of hydrogen-bond acceptors (Lipinski definition) is 4. The minimum Gasteiger partial charge on any atom is -0.343 e. The number of rotatable bonds is 2. The Labute approximate surface area is 189 Å². The molecule has 32 heavy (non-hydrogen) atoms. The molecule has 1 aromatic heterocycles. The summed E-state index contributed by atoms with van der Waals surface area (Å²) in [6, 6.07) is 7.32. The molecular weight excluding hydrogens is 441 g/mol. The fourth-order valence-electron chi connectivity index (χ4n) is 4.62. The van der Waals surface area contributed by atoms with Crippen molar-refractivity contribution >= 4 is 29.0 Å². The fraction of sp³-hybridized carbons (Fsp3) is 0.435. The van der Waals surface area contributed by atoms with Gasteiger partial charge < -0.3 is 9.80 Å². The molecular formula is C23H22ClF3N4O. The van der Waals surface area contributed by atoms with Crippen LogP contribution in [0, 0.1) is 18.3 Å². The molecule has 0 unspecified atom stereocenters. The first kappa shape index (κ1) is 22.4. The second-order valence-corrected chi connectivity index (χ2v) is 8.56. The third-order valence-electron chi connectivity index (χ3n) is 6.06. The Balaban J connectivity index is 1.75. The summed E-state index contributed by atoms with van der Waals surface area (Å²) in [6.07, 6.45) is -1.13. The zero-order valence-electron chi connectivity index (χ0n) is 17.5. The lowest BCUT2D eigenvalue weighted by Crippen LogP contribution is -2.47. The zero-order valence-corrected chi connectivity index (χ0v) is 18.3. The average molecular weight is 463 g/mol. The third-order valence-corrected chi connectivity index (χ3v) is 6.42. The van der Waals surface area contributed by atoms with Gasteiger partial charge in [-0.05, 0) is 62.8 Å². The van der Waals surface area contributed by atoms with Crippen molar-refractivity contribution in [3.8, 4) is 6.07 Å². The topological polar surface area (TPSA) is 60.2 Å². The van der Waals surface area contributed by atoms with Crippen molar-refractivity contribution in [2.75, 3.05) is 22.9 Å². The highest BCUT2D eigenvalue weighted by atomic mass is 35.5. The number of pyridine rings is 1. The summed E-state index contributed by atoms with van der Waals surface area (Å²) in [5.74, 6) is -0.273. The number of benzene rings is 1. The van der Waals surface area contributed by atoms with E-state index in [-0.39, 0.29) is 17.4 Å². The van der Waals surface area contributed by atoms with E-state index in [1.807, 2.05) is 6.07 Å². The van der Waals surface area contributed by atoms with Gasteiger partial charge in [0, 0.05) is 29.5 Å². The molecule has 3 heterocycles. The van der Waals surface area contributed by atoms with E-state index in [0.29, 0.717) is 31.0 Å². The number of hydrogen-bond donors (Lipinski definition) is 0. The van der Waals surface area contributed by atoms with Crippen LogP contribution >= 0.6 is 11.6 Å². The van der Waals surface area contributed by atoms with Crippen molar-refractivity contribution in [2.45, 2.75) is 51.2 Å². The van der Waals surface area contributed by atoms with Crippen molar-refractivity contribution < 1.29 is 18.0 Å². The number of aromatic nitrogens is 1. The van der Waals surface area contributed by atoms with Gasteiger partial charge in [-0.3, -0.25) is 4.79 Å². The maximum atomic E-state index is 13.7. The lowest BCUT2D eigenvalue weighted by molar-refractivity contribution is -0.137. The number of fused-ring (bicyclic) bond motifs is 1. The van der Waals surface area contributed by atoms with E-state index >= 15 is 0 Å². The number of alkyl halides is 3. The van der Waals surface area contributed by atoms with Gasteiger partial charge in [-0.15, -0.1) is 0 Å². The highest BCUT2D eigenvalue weighted by Crippen LogP contribution is 2.39. The minimum absolute atomic E-state index is 0.0724. The fourth-order valence-corrected chi connectivity index (χ4v) is 4.89. The van der Waals surface area contributed by atoms with Crippen molar-refractivity contribution in [1.29, 1.82) is 5.26 Å². The van der Waals surface area contributed by atoms with Gasteiger partial charge >= 0.3 is 6.18 Å². The molecule has 0 N–H and O–H groups in total. The van der Waals surface area contributed by atoms with E-state index in [2.05, 4.69) is 4.98 Å². The molecule has 5 nitrogen and oxygen atoms in total. The number of carbonyl (C=O) groups is 1. The summed E-state index contributed by atoms with van der Waals surface area (Å²) in [4.78, 5) is 21.2. The molecule has 0 radical (unpaired) electrons. The Hall–Kier alpha value is -2.79. The van der Waals surface area contributed by atoms with E-state index in [0.717, 1.165) is 36.6 Å². The van der Waals surface area contributed by atoms with Gasteiger partial charge in [-0.2, -0.15) is 18.4 Å². The van der Waals surface area contributed by atoms with Crippen LogP contribution in [-0.2, 0) is 17.4 Å². The molecule has 1 aromatic carbocycles. The Bertz CT molecular complexity index is 1100. The van der Waals surface area contributed by atoms with Crippen LogP contribution in [-0.4, -0.2) is 30.0 Å².